The Kier molecular flexibility index (Phi) is 3.71. The Morgan fingerprint density at radius 1 is 1.20 bits per heavy atom. The molecule has 0 unspecified atom stereocenters. The number of benzene rings is 2. The van der Waals surface area contributed by atoms with E-state index in [2.05, 4.69) is 20.9 Å². The Bertz CT molecular complexity index is 781. The number of hydrogen-bond donors (Lipinski definition) is 0. The van der Waals surface area contributed by atoms with Crippen molar-refractivity contribution in [1.82, 2.24) is 9.55 Å². The lowest BCUT2D eigenvalue weighted by molar-refractivity contribution is 0.616. The van der Waals surface area contributed by atoms with Crippen molar-refractivity contribution in [3.8, 4) is 5.69 Å². The number of alkyl halides is 1. The first-order valence-corrected chi connectivity index (χ1v) is 7.50. The van der Waals surface area contributed by atoms with Crippen molar-refractivity contribution in [3.05, 3.63) is 57.5 Å². The number of rotatable bonds is 2. The average molecular weight is 374 g/mol. The molecule has 0 bridgehead atoms. The third-order valence-electron chi connectivity index (χ3n) is 2.98. The molecule has 3 rings (SSSR count). The molecule has 0 aliphatic rings. The van der Waals surface area contributed by atoms with Gasteiger partial charge in [-0.15, -0.1) is 11.6 Å². The fraction of sp³-hybridized carbons (Fsp3) is 0.0714. The lowest BCUT2D eigenvalue weighted by atomic mass is 10.2. The summed E-state index contributed by atoms with van der Waals surface area (Å²) in [6.07, 6.45) is 0. The van der Waals surface area contributed by atoms with Gasteiger partial charge < -0.3 is 0 Å². The third-order valence-corrected chi connectivity index (χ3v) is 4.16. The highest BCUT2D eigenvalue weighted by Crippen LogP contribution is 2.33. The van der Waals surface area contributed by atoms with E-state index in [-0.39, 0.29) is 11.7 Å². The summed E-state index contributed by atoms with van der Waals surface area (Å²) in [5, 5.41) is 0.501. The van der Waals surface area contributed by atoms with Gasteiger partial charge in [0.2, 0.25) is 0 Å². The minimum absolute atomic E-state index is 0.159. The van der Waals surface area contributed by atoms with Crippen molar-refractivity contribution >= 4 is 50.2 Å². The summed E-state index contributed by atoms with van der Waals surface area (Å²) in [5.74, 6) is 0.330. The summed E-state index contributed by atoms with van der Waals surface area (Å²) < 4.78 is 16.5. The van der Waals surface area contributed by atoms with Crippen molar-refractivity contribution in [2.45, 2.75) is 5.88 Å². The van der Waals surface area contributed by atoms with E-state index in [1.165, 1.54) is 6.07 Å². The molecule has 3 aromatic rings. The van der Waals surface area contributed by atoms with E-state index in [9.17, 15) is 4.39 Å². The molecule has 0 saturated carbocycles. The van der Waals surface area contributed by atoms with E-state index in [1.54, 1.807) is 28.8 Å². The Morgan fingerprint density at radius 2 is 1.95 bits per heavy atom. The van der Waals surface area contributed by atoms with Crippen LogP contribution >= 0.6 is 39.1 Å². The van der Waals surface area contributed by atoms with Crippen molar-refractivity contribution < 1.29 is 4.39 Å². The van der Waals surface area contributed by atoms with Gasteiger partial charge >= 0.3 is 0 Å². The van der Waals surface area contributed by atoms with Gasteiger partial charge in [0, 0.05) is 4.47 Å². The van der Waals surface area contributed by atoms with Crippen molar-refractivity contribution in [2.24, 2.45) is 0 Å². The van der Waals surface area contributed by atoms with Crippen LogP contribution < -0.4 is 0 Å². The molecular weight excluding hydrogens is 366 g/mol. The highest BCUT2D eigenvalue weighted by Gasteiger charge is 2.18. The predicted molar refractivity (Wildman–Crippen MR) is 83.3 cm³/mol. The molecule has 102 valence electrons. The van der Waals surface area contributed by atoms with Crippen LogP contribution in [0.25, 0.3) is 16.7 Å². The van der Waals surface area contributed by atoms with E-state index < -0.39 is 0 Å². The van der Waals surface area contributed by atoms with Gasteiger partial charge in [-0.05, 0) is 40.2 Å². The van der Waals surface area contributed by atoms with E-state index in [1.807, 2.05) is 6.07 Å². The third kappa shape index (κ3) is 2.12. The molecule has 0 aliphatic carbocycles. The summed E-state index contributed by atoms with van der Waals surface area (Å²) in [7, 11) is 0. The number of hydrogen-bond acceptors (Lipinski definition) is 1. The number of para-hydroxylation sites is 2. The summed E-state index contributed by atoms with van der Waals surface area (Å²) in [4.78, 5) is 4.41. The maximum Gasteiger partial charge on any atom is 0.148 e. The van der Waals surface area contributed by atoms with Crippen LogP contribution in [0.5, 0.6) is 0 Å². The number of halogens is 4. The molecule has 0 N–H and O–H groups in total. The molecule has 0 aliphatic heterocycles. The van der Waals surface area contributed by atoms with Gasteiger partial charge in [-0.2, -0.15) is 0 Å². The summed E-state index contributed by atoms with van der Waals surface area (Å²) in [6.45, 7) is 0. The van der Waals surface area contributed by atoms with Crippen LogP contribution in [0.1, 0.15) is 5.82 Å². The first-order chi connectivity index (χ1) is 9.63. The molecule has 1 heterocycles. The summed E-state index contributed by atoms with van der Waals surface area (Å²) >= 11 is 15.6. The van der Waals surface area contributed by atoms with Crippen LogP contribution in [-0.2, 0) is 5.88 Å². The molecule has 0 atom stereocenters. The molecule has 0 fully saturated rings. The molecule has 0 amide bonds. The fourth-order valence-electron chi connectivity index (χ4n) is 2.17. The second-order valence-corrected chi connectivity index (χ2v) is 5.70. The Morgan fingerprint density at radius 3 is 2.65 bits per heavy atom. The Labute approximate surface area is 133 Å². The van der Waals surface area contributed by atoms with E-state index in [0.29, 0.717) is 32.0 Å². The van der Waals surface area contributed by atoms with Gasteiger partial charge in [-0.3, -0.25) is 4.57 Å². The molecule has 20 heavy (non-hydrogen) atoms. The topological polar surface area (TPSA) is 17.8 Å². The number of imidazole rings is 1. The average Bonchev–Trinajstić information content (AvgIpc) is 2.79. The molecular formula is C14H8BrCl2FN2. The maximum absolute atomic E-state index is 14.2. The van der Waals surface area contributed by atoms with Crippen molar-refractivity contribution in [2.75, 3.05) is 0 Å². The Balaban J connectivity index is 2.46. The zero-order valence-corrected chi connectivity index (χ0v) is 13.2. The normalized spacial score (nSPS) is 11.2. The molecule has 0 saturated heterocycles. The Hall–Kier alpha value is -1.10. The SMILES string of the molecule is Fc1cccc(Br)c1-n1c(CCl)nc2cccc(Cl)c21. The van der Waals surface area contributed by atoms with Crippen LogP contribution in [0, 0.1) is 5.82 Å². The number of fused-ring (bicyclic) bond motifs is 1. The summed E-state index contributed by atoms with van der Waals surface area (Å²) in [6, 6.07) is 10.2. The fourth-order valence-corrected chi connectivity index (χ4v) is 3.12. The van der Waals surface area contributed by atoms with Gasteiger partial charge in [0.1, 0.15) is 11.6 Å². The number of aromatic nitrogens is 2. The zero-order valence-electron chi connectivity index (χ0n) is 10.1. The minimum Gasteiger partial charge on any atom is -0.290 e. The molecule has 6 heteroatoms. The minimum atomic E-state index is -0.370. The molecule has 1 aromatic heterocycles. The van der Waals surface area contributed by atoms with Gasteiger partial charge in [-0.25, -0.2) is 9.37 Å². The molecule has 0 spiro atoms. The second-order valence-electron chi connectivity index (χ2n) is 4.17. The van der Waals surface area contributed by atoms with Crippen molar-refractivity contribution in [1.29, 1.82) is 0 Å². The zero-order chi connectivity index (χ0) is 14.3. The lowest BCUT2D eigenvalue weighted by Gasteiger charge is -2.11. The standard InChI is InChI=1S/C14H8BrCl2FN2/c15-8-3-1-5-10(18)13(8)20-12(7-16)19-11-6-2-4-9(17)14(11)20/h1-6H,7H2. The molecule has 0 radical (unpaired) electrons. The van der Waals surface area contributed by atoms with Crippen LogP contribution in [0.15, 0.2) is 40.9 Å². The van der Waals surface area contributed by atoms with Gasteiger partial charge in [0.15, 0.2) is 0 Å². The smallest absolute Gasteiger partial charge is 0.148 e. The second kappa shape index (κ2) is 5.35. The van der Waals surface area contributed by atoms with E-state index in [4.69, 9.17) is 23.2 Å². The van der Waals surface area contributed by atoms with E-state index >= 15 is 0 Å². The van der Waals surface area contributed by atoms with Crippen LogP contribution in [0.3, 0.4) is 0 Å². The van der Waals surface area contributed by atoms with Gasteiger partial charge in [0.05, 0.1) is 27.6 Å². The largest absolute Gasteiger partial charge is 0.290 e. The van der Waals surface area contributed by atoms with Gasteiger partial charge in [-0.1, -0.05) is 23.7 Å². The quantitative estimate of drug-likeness (QED) is 0.556. The highest BCUT2D eigenvalue weighted by atomic mass is 79.9. The molecule has 2 nitrogen and oxygen atoms in total. The highest BCUT2D eigenvalue weighted by molar-refractivity contribution is 9.10. The van der Waals surface area contributed by atoms with Crippen molar-refractivity contribution in [3.63, 3.8) is 0 Å². The van der Waals surface area contributed by atoms with Crippen LogP contribution in [0.2, 0.25) is 5.02 Å². The monoisotopic (exact) mass is 372 g/mol. The number of nitrogens with zero attached hydrogens (tertiary/aromatic N) is 2. The van der Waals surface area contributed by atoms with E-state index in [0.717, 1.165) is 0 Å². The van der Waals surface area contributed by atoms with Gasteiger partial charge in [0.25, 0.3) is 0 Å². The lowest BCUT2D eigenvalue weighted by Crippen LogP contribution is -2.03. The maximum atomic E-state index is 14.2. The first kappa shape index (κ1) is 13.9. The first-order valence-electron chi connectivity index (χ1n) is 5.79. The van der Waals surface area contributed by atoms with Crippen LogP contribution in [0.4, 0.5) is 4.39 Å². The summed E-state index contributed by atoms with van der Waals surface area (Å²) in [5.41, 5.74) is 1.69. The predicted octanol–water partition coefficient (Wildman–Crippen LogP) is 5.32. The van der Waals surface area contributed by atoms with Crippen LogP contribution in [-0.4, -0.2) is 9.55 Å². The molecule has 2 aromatic carbocycles.